The zero-order valence-electron chi connectivity index (χ0n) is 12.1. The largest absolute Gasteiger partial charge is 0.0649 e. The first-order chi connectivity index (χ1) is 8.47. The summed E-state index contributed by atoms with van der Waals surface area (Å²) >= 11 is 0. The standard InChI is InChI=1S/C18H24/c1-12-10-14-8-9-15(18(2,3)4)11-16(14)17(12)13-6-5-7-13/h8-11,13,17H,5-7H2,1-4H3. The van der Waals surface area contributed by atoms with Gasteiger partial charge in [-0.25, -0.2) is 0 Å². The summed E-state index contributed by atoms with van der Waals surface area (Å²) in [6.45, 7) is 9.24. The van der Waals surface area contributed by atoms with E-state index in [4.69, 9.17) is 0 Å². The van der Waals surface area contributed by atoms with Crippen molar-refractivity contribution in [1.82, 2.24) is 0 Å². The van der Waals surface area contributed by atoms with Crippen molar-refractivity contribution < 1.29 is 0 Å². The Morgan fingerprint density at radius 3 is 2.39 bits per heavy atom. The van der Waals surface area contributed by atoms with Gasteiger partial charge in [-0.05, 0) is 47.8 Å². The normalized spacial score (nSPS) is 23.6. The molecule has 0 amide bonds. The molecule has 1 fully saturated rings. The van der Waals surface area contributed by atoms with E-state index >= 15 is 0 Å². The number of hydrogen-bond donors (Lipinski definition) is 0. The predicted octanol–water partition coefficient (Wildman–Crippen LogP) is 5.28. The molecule has 0 N–H and O–H groups in total. The minimum atomic E-state index is 0.260. The van der Waals surface area contributed by atoms with Gasteiger partial charge in [0.15, 0.2) is 0 Å². The Balaban J connectivity index is 2.02. The Kier molecular flexibility index (Phi) is 2.66. The van der Waals surface area contributed by atoms with Crippen LogP contribution in [0.25, 0.3) is 6.08 Å². The third kappa shape index (κ3) is 1.83. The van der Waals surface area contributed by atoms with Gasteiger partial charge in [-0.2, -0.15) is 0 Å². The van der Waals surface area contributed by atoms with Crippen LogP contribution in [0.15, 0.2) is 23.8 Å². The topological polar surface area (TPSA) is 0 Å². The fourth-order valence-electron chi connectivity index (χ4n) is 3.42. The van der Waals surface area contributed by atoms with Crippen molar-refractivity contribution in [1.29, 1.82) is 0 Å². The Morgan fingerprint density at radius 2 is 1.83 bits per heavy atom. The lowest BCUT2D eigenvalue weighted by Crippen LogP contribution is -2.20. The highest BCUT2D eigenvalue weighted by atomic mass is 14.4. The molecule has 1 aromatic carbocycles. The molecular formula is C18H24. The van der Waals surface area contributed by atoms with Crippen LogP contribution in [-0.4, -0.2) is 0 Å². The van der Waals surface area contributed by atoms with Gasteiger partial charge >= 0.3 is 0 Å². The molecule has 0 heterocycles. The van der Waals surface area contributed by atoms with E-state index in [2.05, 4.69) is 52.0 Å². The van der Waals surface area contributed by atoms with Crippen molar-refractivity contribution in [2.24, 2.45) is 5.92 Å². The van der Waals surface area contributed by atoms with Gasteiger partial charge in [-0.1, -0.05) is 57.0 Å². The molecule has 18 heavy (non-hydrogen) atoms. The van der Waals surface area contributed by atoms with Gasteiger partial charge in [0, 0.05) is 5.92 Å². The number of rotatable bonds is 1. The molecule has 0 heteroatoms. The number of allylic oxidation sites excluding steroid dienone is 1. The summed E-state index contributed by atoms with van der Waals surface area (Å²) < 4.78 is 0. The summed E-state index contributed by atoms with van der Waals surface area (Å²) in [6, 6.07) is 7.12. The van der Waals surface area contributed by atoms with Crippen LogP contribution in [0.4, 0.5) is 0 Å². The Hall–Kier alpha value is -1.04. The first-order valence-corrected chi connectivity index (χ1v) is 7.29. The first kappa shape index (κ1) is 12.0. The fourth-order valence-corrected chi connectivity index (χ4v) is 3.42. The van der Waals surface area contributed by atoms with E-state index in [1.807, 2.05) is 0 Å². The second-order valence-electron chi connectivity index (χ2n) is 7.15. The highest BCUT2D eigenvalue weighted by Crippen LogP contribution is 2.49. The molecule has 1 atom stereocenters. The predicted molar refractivity (Wildman–Crippen MR) is 78.9 cm³/mol. The first-order valence-electron chi connectivity index (χ1n) is 7.29. The molecule has 2 aliphatic rings. The van der Waals surface area contributed by atoms with Crippen molar-refractivity contribution in [3.8, 4) is 0 Å². The second kappa shape index (κ2) is 3.98. The van der Waals surface area contributed by atoms with Crippen LogP contribution in [0.1, 0.15) is 69.6 Å². The molecule has 0 bridgehead atoms. The van der Waals surface area contributed by atoms with Crippen LogP contribution in [0.3, 0.4) is 0 Å². The van der Waals surface area contributed by atoms with E-state index < -0.39 is 0 Å². The average molecular weight is 240 g/mol. The third-order valence-electron chi connectivity index (χ3n) is 4.78. The lowest BCUT2D eigenvalue weighted by Gasteiger charge is -2.33. The molecule has 1 unspecified atom stereocenters. The van der Waals surface area contributed by atoms with Gasteiger partial charge < -0.3 is 0 Å². The minimum Gasteiger partial charge on any atom is -0.0649 e. The van der Waals surface area contributed by atoms with Gasteiger partial charge in [-0.15, -0.1) is 0 Å². The summed E-state index contributed by atoms with van der Waals surface area (Å²) in [7, 11) is 0. The molecule has 96 valence electrons. The maximum atomic E-state index is 2.48. The number of benzene rings is 1. The number of fused-ring (bicyclic) bond motifs is 1. The zero-order chi connectivity index (χ0) is 12.9. The molecule has 0 spiro atoms. The van der Waals surface area contributed by atoms with E-state index in [0.29, 0.717) is 0 Å². The molecule has 2 aliphatic carbocycles. The third-order valence-corrected chi connectivity index (χ3v) is 4.78. The van der Waals surface area contributed by atoms with Crippen LogP contribution < -0.4 is 0 Å². The lowest BCUT2D eigenvalue weighted by molar-refractivity contribution is 0.283. The SMILES string of the molecule is CC1=Cc2ccc(C(C)(C)C)cc2C1C1CCC1. The molecule has 0 nitrogen and oxygen atoms in total. The van der Waals surface area contributed by atoms with Crippen LogP contribution in [0.5, 0.6) is 0 Å². The van der Waals surface area contributed by atoms with Crippen LogP contribution >= 0.6 is 0 Å². The Morgan fingerprint density at radius 1 is 1.11 bits per heavy atom. The number of hydrogen-bond acceptors (Lipinski definition) is 0. The Bertz CT molecular complexity index is 495. The summed E-state index contributed by atoms with van der Waals surface area (Å²) in [6.07, 6.45) is 6.69. The summed E-state index contributed by atoms with van der Waals surface area (Å²) in [5, 5.41) is 0. The Labute approximate surface area is 111 Å². The quantitative estimate of drug-likeness (QED) is 0.626. The summed E-state index contributed by atoms with van der Waals surface area (Å²) in [5.41, 5.74) is 6.40. The van der Waals surface area contributed by atoms with E-state index in [1.54, 1.807) is 11.1 Å². The lowest BCUT2D eigenvalue weighted by atomic mass is 9.71. The van der Waals surface area contributed by atoms with Crippen LogP contribution in [0.2, 0.25) is 0 Å². The molecule has 1 saturated carbocycles. The van der Waals surface area contributed by atoms with Crippen molar-refractivity contribution in [2.75, 3.05) is 0 Å². The second-order valence-corrected chi connectivity index (χ2v) is 7.15. The van der Waals surface area contributed by atoms with Crippen molar-refractivity contribution in [3.05, 3.63) is 40.5 Å². The van der Waals surface area contributed by atoms with Gasteiger partial charge in [0.25, 0.3) is 0 Å². The highest BCUT2D eigenvalue weighted by Gasteiger charge is 2.34. The van der Waals surface area contributed by atoms with Crippen molar-refractivity contribution in [3.63, 3.8) is 0 Å². The van der Waals surface area contributed by atoms with Crippen LogP contribution in [-0.2, 0) is 5.41 Å². The summed E-state index contributed by atoms with van der Waals surface area (Å²) in [4.78, 5) is 0. The minimum absolute atomic E-state index is 0.260. The zero-order valence-corrected chi connectivity index (χ0v) is 12.1. The maximum absolute atomic E-state index is 2.48. The molecule has 0 aliphatic heterocycles. The molecule has 0 radical (unpaired) electrons. The van der Waals surface area contributed by atoms with Gasteiger partial charge in [0.2, 0.25) is 0 Å². The van der Waals surface area contributed by atoms with E-state index in [0.717, 1.165) is 11.8 Å². The van der Waals surface area contributed by atoms with E-state index in [-0.39, 0.29) is 5.41 Å². The van der Waals surface area contributed by atoms with Gasteiger partial charge in [-0.3, -0.25) is 0 Å². The molecular weight excluding hydrogens is 216 g/mol. The molecule has 3 rings (SSSR count). The van der Waals surface area contributed by atoms with E-state index in [1.165, 1.54) is 30.4 Å². The van der Waals surface area contributed by atoms with Gasteiger partial charge in [0.05, 0.1) is 0 Å². The van der Waals surface area contributed by atoms with Crippen molar-refractivity contribution in [2.45, 2.75) is 58.3 Å². The maximum Gasteiger partial charge on any atom is 0.00830 e. The fraction of sp³-hybridized carbons (Fsp3) is 0.556. The monoisotopic (exact) mass is 240 g/mol. The van der Waals surface area contributed by atoms with Gasteiger partial charge in [0.1, 0.15) is 0 Å². The molecule has 0 saturated heterocycles. The smallest absolute Gasteiger partial charge is 0.00830 e. The summed E-state index contributed by atoms with van der Waals surface area (Å²) in [5.74, 6) is 1.63. The van der Waals surface area contributed by atoms with Crippen molar-refractivity contribution >= 4 is 6.08 Å². The molecule has 0 aromatic heterocycles. The highest BCUT2D eigenvalue weighted by molar-refractivity contribution is 5.67. The average Bonchev–Trinajstić information content (AvgIpc) is 2.51. The van der Waals surface area contributed by atoms with Crippen LogP contribution in [0, 0.1) is 5.92 Å². The molecule has 1 aromatic rings. The van der Waals surface area contributed by atoms with E-state index in [9.17, 15) is 0 Å².